The van der Waals surface area contributed by atoms with Gasteiger partial charge in [0.15, 0.2) is 10.7 Å². The lowest BCUT2D eigenvalue weighted by Gasteiger charge is -2.37. The number of nitrogens with zero attached hydrogens (tertiary/aromatic N) is 4. The van der Waals surface area contributed by atoms with Crippen molar-refractivity contribution in [2.24, 2.45) is 5.92 Å². The van der Waals surface area contributed by atoms with E-state index < -0.39 is 15.4 Å². The first-order chi connectivity index (χ1) is 17.0. The number of aryl methyl sites for hydroxylation is 1. The number of carbonyl (C=O) groups is 1. The van der Waals surface area contributed by atoms with Gasteiger partial charge in [-0.2, -0.15) is 0 Å². The molecule has 0 aliphatic carbocycles. The molecule has 5 rings (SSSR count). The molecule has 1 aliphatic rings. The van der Waals surface area contributed by atoms with Crippen LogP contribution in [-0.2, 0) is 14.6 Å². The monoisotopic (exact) mass is 509 g/mol. The molecule has 4 heterocycles. The van der Waals surface area contributed by atoms with Crippen molar-refractivity contribution < 1.29 is 17.9 Å². The van der Waals surface area contributed by atoms with Gasteiger partial charge >= 0.3 is 6.09 Å². The molecule has 0 radical (unpaired) electrons. The summed E-state index contributed by atoms with van der Waals surface area (Å²) in [5.41, 5.74) is 1.84. The number of piperidine rings is 1. The normalized spacial score (nSPS) is 19.2. The fourth-order valence-electron chi connectivity index (χ4n) is 4.86. The van der Waals surface area contributed by atoms with Gasteiger partial charge in [-0.1, -0.05) is 25.1 Å². The Morgan fingerprint density at radius 2 is 1.92 bits per heavy atom. The first kappa shape index (κ1) is 24.3. The molecule has 4 aromatic rings. The molecular formula is C26H31N5O4S. The van der Waals surface area contributed by atoms with E-state index in [-0.39, 0.29) is 27.9 Å². The number of nitrogens with one attached hydrogen (secondary N) is 1. The average Bonchev–Trinajstić information content (AvgIpc) is 3.43. The number of aromatic nitrogens is 4. The SMILES string of the molecule is Cc1ccccc1S(=O)(=O)c1nc(C2CN(C(=O)OC(C)(C)C)CCC2C)n2c1cnc1[nH]ccc12. The molecule has 1 saturated heterocycles. The largest absolute Gasteiger partial charge is 0.444 e. The van der Waals surface area contributed by atoms with E-state index in [0.29, 0.717) is 35.6 Å². The van der Waals surface area contributed by atoms with E-state index in [1.165, 1.54) is 0 Å². The third-order valence-corrected chi connectivity index (χ3v) is 8.59. The van der Waals surface area contributed by atoms with E-state index in [2.05, 4.69) is 16.9 Å². The summed E-state index contributed by atoms with van der Waals surface area (Å²) < 4.78 is 35.2. The van der Waals surface area contributed by atoms with Gasteiger partial charge in [0.1, 0.15) is 16.9 Å². The molecule has 36 heavy (non-hydrogen) atoms. The number of rotatable bonds is 3. The molecule has 190 valence electrons. The second-order valence-corrected chi connectivity index (χ2v) is 12.4. The summed E-state index contributed by atoms with van der Waals surface area (Å²) in [6, 6.07) is 8.76. The number of likely N-dealkylation sites (tertiary alicyclic amines) is 1. The standard InChI is InChI=1S/C26H31N5O4S/c1-16-11-13-30(25(32)35-26(3,4)5)15-18(16)23-29-24(36(33,34)21-9-7-6-8-17(21)2)20-14-28-22-19(31(20)23)10-12-27-22/h6-10,12,14,16,18,27H,11,13,15H2,1-5H3. The Morgan fingerprint density at radius 1 is 1.17 bits per heavy atom. The predicted octanol–water partition coefficient (Wildman–Crippen LogP) is 4.71. The van der Waals surface area contributed by atoms with Crippen molar-refractivity contribution in [2.75, 3.05) is 13.1 Å². The van der Waals surface area contributed by atoms with Crippen LogP contribution in [0.5, 0.6) is 0 Å². The highest BCUT2D eigenvalue weighted by molar-refractivity contribution is 7.91. The van der Waals surface area contributed by atoms with Crippen molar-refractivity contribution in [2.45, 2.75) is 62.5 Å². The molecule has 1 aliphatic heterocycles. The predicted molar refractivity (Wildman–Crippen MR) is 136 cm³/mol. The number of hydrogen-bond donors (Lipinski definition) is 1. The molecule has 3 aromatic heterocycles. The van der Waals surface area contributed by atoms with Crippen molar-refractivity contribution >= 4 is 32.6 Å². The van der Waals surface area contributed by atoms with Gasteiger partial charge in [-0.25, -0.2) is 23.2 Å². The summed E-state index contributed by atoms with van der Waals surface area (Å²) in [6.45, 7) is 10.4. The number of imidazole rings is 1. The molecule has 0 saturated carbocycles. The number of aromatic amines is 1. The van der Waals surface area contributed by atoms with Crippen molar-refractivity contribution in [3.63, 3.8) is 0 Å². The minimum absolute atomic E-state index is 0.0241. The number of H-pyrrole nitrogens is 1. The summed E-state index contributed by atoms with van der Waals surface area (Å²) in [5.74, 6) is 0.579. The fourth-order valence-corrected chi connectivity index (χ4v) is 6.46. The average molecular weight is 510 g/mol. The molecule has 1 fully saturated rings. The second-order valence-electron chi connectivity index (χ2n) is 10.5. The van der Waals surface area contributed by atoms with Crippen LogP contribution >= 0.6 is 0 Å². The number of fused-ring (bicyclic) bond motifs is 3. The van der Waals surface area contributed by atoms with Crippen LogP contribution in [0, 0.1) is 12.8 Å². The van der Waals surface area contributed by atoms with Crippen LogP contribution in [0.15, 0.2) is 52.6 Å². The van der Waals surface area contributed by atoms with Crippen LogP contribution in [0.1, 0.15) is 51.4 Å². The molecule has 2 unspecified atom stereocenters. The van der Waals surface area contributed by atoms with Crippen LogP contribution in [0.4, 0.5) is 4.79 Å². The summed E-state index contributed by atoms with van der Waals surface area (Å²) in [7, 11) is -3.92. The van der Waals surface area contributed by atoms with Gasteiger partial charge in [0.25, 0.3) is 0 Å². The molecule has 0 bridgehead atoms. The number of carbonyl (C=O) groups excluding carboxylic acids is 1. The highest BCUT2D eigenvalue weighted by atomic mass is 32.2. The van der Waals surface area contributed by atoms with Gasteiger partial charge in [0, 0.05) is 25.2 Å². The molecule has 1 N–H and O–H groups in total. The second kappa shape index (κ2) is 8.62. The zero-order valence-corrected chi connectivity index (χ0v) is 22.0. The third-order valence-electron chi connectivity index (χ3n) is 6.75. The molecule has 0 spiro atoms. The Labute approximate surface area is 210 Å². The van der Waals surface area contributed by atoms with Gasteiger partial charge in [-0.05, 0) is 57.7 Å². The quantitative estimate of drug-likeness (QED) is 0.428. The van der Waals surface area contributed by atoms with Crippen LogP contribution in [0.3, 0.4) is 0 Å². The van der Waals surface area contributed by atoms with E-state index in [1.54, 1.807) is 42.4 Å². The Kier molecular flexibility index (Phi) is 5.82. The summed E-state index contributed by atoms with van der Waals surface area (Å²) in [5, 5.41) is -0.0241. The topological polar surface area (TPSA) is 110 Å². The summed E-state index contributed by atoms with van der Waals surface area (Å²) in [4.78, 5) is 27.2. The van der Waals surface area contributed by atoms with Crippen LogP contribution < -0.4 is 0 Å². The maximum atomic E-state index is 13.9. The number of sulfone groups is 1. The van der Waals surface area contributed by atoms with E-state index in [9.17, 15) is 13.2 Å². The van der Waals surface area contributed by atoms with Crippen molar-refractivity contribution in [1.29, 1.82) is 0 Å². The smallest absolute Gasteiger partial charge is 0.410 e. The first-order valence-electron chi connectivity index (χ1n) is 12.1. The number of benzene rings is 1. The van der Waals surface area contributed by atoms with Gasteiger partial charge < -0.3 is 14.6 Å². The van der Waals surface area contributed by atoms with Crippen molar-refractivity contribution in [1.82, 2.24) is 24.3 Å². The van der Waals surface area contributed by atoms with Crippen molar-refractivity contribution in [3.8, 4) is 0 Å². The first-order valence-corrected chi connectivity index (χ1v) is 13.6. The van der Waals surface area contributed by atoms with Gasteiger partial charge in [-0.15, -0.1) is 0 Å². The van der Waals surface area contributed by atoms with Crippen LogP contribution in [-0.4, -0.2) is 57.5 Å². The van der Waals surface area contributed by atoms with Gasteiger partial charge in [0.2, 0.25) is 9.84 Å². The Balaban J connectivity index is 1.67. The lowest BCUT2D eigenvalue weighted by atomic mass is 9.86. The Hall–Kier alpha value is -3.40. The number of hydrogen-bond acceptors (Lipinski definition) is 6. The maximum absolute atomic E-state index is 13.9. The van der Waals surface area contributed by atoms with Gasteiger partial charge in [0.05, 0.1) is 16.6 Å². The molecule has 1 amide bonds. The third kappa shape index (κ3) is 4.13. The maximum Gasteiger partial charge on any atom is 0.410 e. The fraction of sp³-hybridized carbons (Fsp3) is 0.423. The van der Waals surface area contributed by atoms with E-state index >= 15 is 0 Å². The Morgan fingerprint density at radius 3 is 2.64 bits per heavy atom. The molecule has 10 heteroatoms. The van der Waals surface area contributed by atoms with E-state index in [0.717, 1.165) is 11.9 Å². The Bertz CT molecular complexity index is 1560. The lowest BCUT2D eigenvalue weighted by Crippen LogP contribution is -2.45. The van der Waals surface area contributed by atoms with Gasteiger partial charge in [-0.3, -0.25) is 4.40 Å². The molecule has 1 aromatic carbocycles. The summed E-state index contributed by atoms with van der Waals surface area (Å²) in [6.07, 6.45) is 3.70. The van der Waals surface area contributed by atoms with Crippen LogP contribution in [0.25, 0.3) is 16.7 Å². The summed E-state index contributed by atoms with van der Waals surface area (Å²) >= 11 is 0. The van der Waals surface area contributed by atoms with Crippen molar-refractivity contribution in [3.05, 3.63) is 54.1 Å². The minimum atomic E-state index is -3.92. The van der Waals surface area contributed by atoms with E-state index in [1.807, 2.05) is 37.3 Å². The molecular weight excluding hydrogens is 478 g/mol. The van der Waals surface area contributed by atoms with Crippen LogP contribution in [0.2, 0.25) is 0 Å². The zero-order chi connectivity index (χ0) is 25.8. The van der Waals surface area contributed by atoms with E-state index in [4.69, 9.17) is 9.72 Å². The minimum Gasteiger partial charge on any atom is -0.444 e. The molecule has 2 atom stereocenters. The number of amides is 1. The highest BCUT2D eigenvalue weighted by Crippen LogP contribution is 2.37. The lowest BCUT2D eigenvalue weighted by molar-refractivity contribution is 0.0160. The highest BCUT2D eigenvalue weighted by Gasteiger charge is 2.37. The zero-order valence-electron chi connectivity index (χ0n) is 21.1. The number of ether oxygens (including phenoxy) is 1. The molecule has 9 nitrogen and oxygen atoms in total.